The molecule has 2 aromatic carbocycles. The van der Waals surface area contributed by atoms with Crippen molar-refractivity contribution in [3.8, 4) is 5.75 Å². The molecule has 0 bridgehead atoms. The SMILES string of the molecule is CC.CC.COc1cc(C)ccc1C.Cc1cccc(C)c1C. The fourth-order valence-electron chi connectivity index (χ4n) is 1.83. The molecule has 0 saturated carbocycles. The molecule has 0 aliphatic rings. The van der Waals surface area contributed by atoms with Crippen molar-refractivity contribution in [1.82, 2.24) is 0 Å². The first kappa shape index (κ1) is 23.5. The van der Waals surface area contributed by atoms with Gasteiger partial charge >= 0.3 is 0 Å². The van der Waals surface area contributed by atoms with Crippen LogP contribution in [0.15, 0.2) is 36.4 Å². The van der Waals surface area contributed by atoms with Crippen molar-refractivity contribution in [3.63, 3.8) is 0 Å². The summed E-state index contributed by atoms with van der Waals surface area (Å²) in [5.74, 6) is 0.972. The zero-order valence-electron chi connectivity index (χ0n) is 16.9. The molecule has 0 fully saturated rings. The summed E-state index contributed by atoms with van der Waals surface area (Å²) in [5.41, 5.74) is 6.61. The van der Waals surface area contributed by atoms with E-state index >= 15 is 0 Å². The van der Waals surface area contributed by atoms with Crippen LogP contribution in [0.5, 0.6) is 5.75 Å². The standard InChI is InChI=1S/C9H12O.C9H12.2C2H6/c1-7-4-5-8(2)9(6-7)10-3;1-7-5-4-6-8(2)9(7)3;2*1-2/h4-6H,1-3H3;4-6H,1-3H3;2*1-2H3. The van der Waals surface area contributed by atoms with Crippen molar-refractivity contribution in [3.05, 3.63) is 64.2 Å². The minimum Gasteiger partial charge on any atom is -0.496 e. The molecule has 0 radical (unpaired) electrons. The van der Waals surface area contributed by atoms with Gasteiger partial charge in [0.2, 0.25) is 0 Å². The smallest absolute Gasteiger partial charge is 0.122 e. The highest BCUT2D eigenvalue weighted by Gasteiger charge is 1.95. The number of ether oxygens (including phenoxy) is 1. The second kappa shape index (κ2) is 13.9. The molecule has 0 amide bonds. The van der Waals surface area contributed by atoms with Crippen LogP contribution in [0.1, 0.15) is 55.5 Å². The van der Waals surface area contributed by atoms with E-state index in [1.807, 2.05) is 40.7 Å². The molecule has 0 heterocycles. The number of hydrogen-bond donors (Lipinski definition) is 0. The lowest BCUT2D eigenvalue weighted by Gasteiger charge is -2.03. The van der Waals surface area contributed by atoms with Crippen molar-refractivity contribution in [2.75, 3.05) is 7.11 Å². The van der Waals surface area contributed by atoms with Gasteiger partial charge in [-0.05, 0) is 68.5 Å². The summed E-state index contributed by atoms with van der Waals surface area (Å²) in [6.45, 7) is 18.5. The van der Waals surface area contributed by atoms with E-state index < -0.39 is 0 Å². The third-order valence-corrected chi connectivity index (χ3v) is 3.44. The summed E-state index contributed by atoms with van der Waals surface area (Å²) in [5, 5.41) is 0. The minimum atomic E-state index is 0.972. The molecule has 23 heavy (non-hydrogen) atoms. The second-order valence-corrected chi connectivity index (χ2v) is 4.99. The van der Waals surface area contributed by atoms with Gasteiger partial charge in [0, 0.05) is 0 Å². The van der Waals surface area contributed by atoms with Gasteiger partial charge in [-0.25, -0.2) is 0 Å². The maximum absolute atomic E-state index is 5.13. The lowest BCUT2D eigenvalue weighted by atomic mass is 10.1. The van der Waals surface area contributed by atoms with E-state index in [4.69, 9.17) is 4.74 Å². The predicted octanol–water partition coefficient (Wildman–Crippen LogP) is 6.98. The summed E-state index contributed by atoms with van der Waals surface area (Å²) in [6, 6.07) is 12.6. The normalized spacial score (nSPS) is 8.43. The Hall–Kier alpha value is -1.76. The molecule has 0 N–H and O–H groups in total. The quantitative estimate of drug-likeness (QED) is 0.551. The highest BCUT2D eigenvalue weighted by Crippen LogP contribution is 2.17. The average Bonchev–Trinajstić information content (AvgIpc) is 2.59. The average molecular weight is 317 g/mol. The van der Waals surface area contributed by atoms with Crippen LogP contribution in [0, 0.1) is 34.6 Å². The Morgan fingerprint density at radius 1 is 0.652 bits per heavy atom. The molecule has 1 heteroatoms. The molecule has 0 aliphatic carbocycles. The molecule has 130 valence electrons. The lowest BCUT2D eigenvalue weighted by molar-refractivity contribution is 0.411. The number of benzene rings is 2. The van der Waals surface area contributed by atoms with Crippen molar-refractivity contribution >= 4 is 0 Å². The summed E-state index contributed by atoms with van der Waals surface area (Å²) in [4.78, 5) is 0. The van der Waals surface area contributed by atoms with E-state index in [0.29, 0.717) is 0 Å². The van der Waals surface area contributed by atoms with Gasteiger partial charge in [-0.15, -0.1) is 0 Å². The van der Waals surface area contributed by atoms with Crippen LogP contribution >= 0.6 is 0 Å². The summed E-state index contributed by atoms with van der Waals surface area (Å²) in [7, 11) is 1.70. The van der Waals surface area contributed by atoms with Crippen molar-refractivity contribution in [2.45, 2.75) is 62.3 Å². The first-order valence-corrected chi connectivity index (χ1v) is 8.59. The zero-order valence-corrected chi connectivity index (χ0v) is 16.9. The Balaban J connectivity index is 0. The number of aryl methyl sites for hydroxylation is 4. The van der Waals surface area contributed by atoms with E-state index in [2.05, 4.69) is 58.0 Å². The molecule has 1 nitrogen and oxygen atoms in total. The molecule has 0 saturated heterocycles. The molecule has 0 spiro atoms. The van der Waals surface area contributed by atoms with E-state index in [9.17, 15) is 0 Å². The fourth-order valence-corrected chi connectivity index (χ4v) is 1.83. The van der Waals surface area contributed by atoms with Gasteiger partial charge in [0.15, 0.2) is 0 Å². The van der Waals surface area contributed by atoms with E-state index in [0.717, 1.165) is 5.75 Å². The van der Waals surface area contributed by atoms with Gasteiger partial charge in [0.25, 0.3) is 0 Å². The second-order valence-electron chi connectivity index (χ2n) is 4.99. The number of hydrogen-bond acceptors (Lipinski definition) is 1. The summed E-state index contributed by atoms with van der Waals surface area (Å²) in [6.07, 6.45) is 0. The minimum absolute atomic E-state index is 0.972. The van der Waals surface area contributed by atoms with Gasteiger partial charge < -0.3 is 4.74 Å². The van der Waals surface area contributed by atoms with Crippen molar-refractivity contribution in [1.29, 1.82) is 0 Å². The summed E-state index contributed by atoms with van der Waals surface area (Å²) < 4.78 is 5.13. The van der Waals surface area contributed by atoms with Gasteiger partial charge in [-0.3, -0.25) is 0 Å². The van der Waals surface area contributed by atoms with Crippen LogP contribution in [0.4, 0.5) is 0 Å². The highest BCUT2D eigenvalue weighted by molar-refractivity contribution is 5.35. The third-order valence-electron chi connectivity index (χ3n) is 3.44. The predicted molar refractivity (Wildman–Crippen MR) is 106 cm³/mol. The Bertz CT molecular complexity index is 521. The van der Waals surface area contributed by atoms with Gasteiger partial charge in [-0.1, -0.05) is 58.0 Å². The Labute approximate surface area is 144 Å². The van der Waals surface area contributed by atoms with E-state index in [1.165, 1.54) is 27.8 Å². The fraction of sp³-hybridized carbons (Fsp3) is 0.455. The van der Waals surface area contributed by atoms with Crippen LogP contribution < -0.4 is 4.74 Å². The van der Waals surface area contributed by atoms with Crippen LogP contribution in [-0.2, 0) is 0 Å². The lowest BCUT2D eigenvalue weighted by Crippen LogP contribution is -1.86. The molecule has 0 aliphatic heterocycles. The monoisotopic (exact) mass is 316 g/mol. The largest absolute Gasteiger partial charge is 0.496 e. The first-order valence-electron chi connectivity index (χ1n) is 8.59. The van der Waals surface area contributed by atoms with Crippen LogP contribution in [0.3, 0.4) is 0 Å². The zero-order chi connectivity index (χ0) is 18.4. The van der Waals surface area contributed by atoms with E-state index in [-0.39, 0.29) is 0 Å². The topological polar surface area (TPSA) is 9.23 Å². The Morgan fingerprint density at radius 3 is 1.48 bits per heavy atom. The van der Waals surface area contributed by atoms with Gasteiger partial charge in [0.1, 0.15) is 5.75 Å². The molecular weight excluding hydrogens is 280 g/mol. The summed E-state index contributed by atoms with van der Waals surface area (Å²) >= 11 is 0. The highest BCUT2D eigenvalue weighted by atomic mass is 16.5. The van der Waals surface area contributed by atoms with Crippen LogP contribution in [-0.4, -0.2) is 7.11 Å². The molecule has 0 aromatic heterocycles. The van der Waals surface area contributed by atoms with Gasteiger partial charge in [-0.2, -0.15) is 0 Å². The molecule has 2 aromatic rings. The van der Waals surface area contributed by atoms with E-state index in [1.54, 1.807) is 7.11 Å². The van der Waals surface area contributed by atoms with Crippen LogP contribution in [0.25, 0.3) is 0 Å². The molecule has 2 rings (SSSR count). The maximum atomic E-state index is 5.13. The number of methoxy groups -OCH3 is 1. The van der Waals surface area contributed by atoms with Crippen LogP contribution in [0.2, 0.25) is 0 Å². The van der Waals surface area contributed by atoms with Gasteiger partial charge in [0.05, 0.1) is 7.11 Å². The Morgan fingerprint density at radius 2 is 1.13 bits per heavy atom. The number of rotatable bonds is 1. The maximum Gasteiger partial charge on any atom is 0.122 e. The van der Waals surface area contributed by atoms with Crippen molar-refractivity contribution < 1.29 is 4.74 Å². The Kier molecular flexibility index (Phi) is 14.2. The third kappa shape index (κ3) is 9.07. The molecule has 0 unspecified atom stereocenters. The van der Waals surface area contributed by atoms with Crippen molar-refractivity contribution in [2.24, 2.45) is 0 Å². The molecule has 0 atom stereocenters. The molecular formula is C22H36O. The first-order chi connectivity index (χ1) is 11.0.